The van der Waals surface area contributed by atoms with Gasteiger partial charge in [0.2, 0.25) is 5.88 Å². The maximum absolute atomic E-state index is 12.1. The molecule has 0 bridgehead atoms. The third-order valence-electron chi connectivity index (χ3n) is 5.10. The van der Waals surface area contributed by atoms with Crippen molar-refractivity contribution >= 4 is 47.2 Å². The summed E-state index contributed by atoms with van der Waals surface area (Å²) in [5.41, 5.74) is 1.67. The number of thiazole rings is 1. The van der Waals surface area contributed by atoms with E-state index in [1.54, 1.807) is 20.2 Å². The smallest absolute Gasteiger partial charge is 0.350 e. The fraction of sp³-hybridized carbons (Fsp3) is 0.545. The molecule has 176 valence electrons. The first kappa shape index (κ1) is 26.3. The summed E-state index contributed by atoms with van der Waals surface area (Å²) in [7, 11) is 1.72. The molecule has 0 radical (unpaired) electrons. The number of carbonyl (C=O) groups excluding carboxylic acids is 1. The number of carbonyl (C=O) groups is 1. The zero-order valence-electron chi connectivity index (χ0n) is 19.0. The number of ether oxygens (including phenoxy) is 2. The number of rotatable bonds is 8. The van der Waals surface area contributed by atoms with Gasteiger partial charge in [-0.2, -0.15) is 0 Å². The molecule has 1 unspecified atom stereocenters. The third kappa shape index (κ3) is 7.03. The van der Waals surface area contributed by atoms with Crippen LogP contribution < -0.4 is 15.4 Å². The van der Waals surface area contributed by atoms with Crippen LogP contribution in [0.1, 0.15) is 71.5 Å². The number of aryl methyl sites for hydroxylation is 1. The van der Waals surface area contributed by atoms with E-state index in [2.05, 4.69) is 25.6 Å². The summed E-state index contributed by atoms with van der Waals surface area (Å²) in [6.07, 6.45) is 6.62. The predicted molar refractivity (Wildman–Crippen MR) is 137 cm³/mol. The van der Waals surface area contributed by atoms with Crippen molar-refractivity contribution in [2.24, 2.45) is 4.99 Å². The van der Waals surface area contributed by atoms with Crippen molar-refractivity contribution in [2.75, 3.05) is 13.7 Å². The van der Waals surface area contributed by atoms with Crippen LogP contribution >= 0.6 is 35.3 Å². The zero-order chi connectivity index (χ0) is 22.2. The third-order valence-corrected chi connectivity index (χ3v) is 6.42. The summed E-state index contributed by atoms with van der Waals surface area (Å²) in [4.78, 5) is 25.9. The minimum absolute atomic E-state index is 0. The molecule has 0 aliphatic heterocycles. The van der Waals surface area contributed by atoms with E-state index in [9.17, 15) is 4.79 Å². The molecular formula is C22H32IN5O3S. The van der Waals surface area contributed by atoms with Gasteiger partial charge in [-0.05, 0) is 52.5 Å². The Morgan fingerprint density at radius 2 is 2.12 bits per heavy atom. The lowest BCUT2D eigenvalue weighted by Gasteiger charge is -2.18. The second kappa shape index (κ2) is 12.9. The Morgan fingerprint density at radius 3 is 2.81 bits per heavy atom. The van der Waals surface area contributed by atoms with Gasteiger partial charge in [0, 0.05) is 25.4 Å². The largest absolute Gasteiger partial charge is 0.474 e. The Labute approximate surface area is 210 Å². The second-order valence-corrected chi connectivity index (χ2v) is 8.50. The van der Waals surface area contributed by atoms with Gasteiger partial charge in [0.05, 0.1) is 18.3 Å². The van der Waals surface area contributed by atoms with Crippen molar-refractivity contribution in [1.29, 1.82) is 0 Å². The van der Waals surface area contributed by atoms with Crippen molar-refractivity contribution in [3.05, 3.63) is 39.5 Å². The minimum Gasteiger partial charge on any atom is -0.474 e. The molecule has 0 spiro atoms. The number of aliphatic imine (C=N–C) groups is 1. The summed E-state index contributed by atoms with van der Waals surface area (Å²) in [5, 5.41) is 7.45. The lowest BCUT2D eigenvalue weighted by molar-refractivity contribution is 0.0531. The van der Waals surface area contributed by atoms with E-state index in [0.29, 0.717) is 35.6 Å². The normalized spacial score (nSPS) is 15.1. The molecular weight excluding hydrogens is 541 g/mol. The first-order valence-electron chi connectivity index (χ1n) is 10.7. The summed E-state index contributed by atoms with van der Waals surface area (Å²) in [6, 6.07) is 3.80. The lowest BCUT2D eigenvalue weighted by Crippen LogP contribution is -2.38. The molecule has 0 saturated heterocycles. The molecule has 3 rings (SSSR count). The highest BCUT2D eigenvalue weighted by atomic mass is 127. The van der Waals surface area contributed by atoms with Crippen molar-refractivity contribution < 1.29 is 14.3 Å². The monoisotopic (exact) mass is 573 g/mol. The fourth-order valence-corrected chi connectivity index (χ4v) is 4.42. The average Bonchev–Trinajstić information content (AvgIpc) is 3.41. The number of guanidine groups is 1. The Hall–Kier alpha value is -1.95. The van der Waals surface area contributed by atoms with Gasteiger partial charge in [0.1, 0.15) is 16.0 Å². The molecule has 1 saturated carbocycles. The van der Waals surface area contributed by atoms with E-state index in [1.807, 2.05) is 26.0 Å². The number of hydrogen-bond acceptors (Lipinski definition) is 7. The first-order valence-corrected chi connectivity index (χ1v) is 11.6. The van der Waals surface area contributed by atoms with Crippen LogP contribution in [0.25, 0.3) is 0 Å². The highest BCUT2D eigenvalue weighted by molar-refractivity contribution is 14.0. The maximum atomic E-state index is 12.1. The molecule has 1 aliphatic carbocycles. The van der Waals surface area contributed by atoms with E-state index in [-0.39, 0.29) is 42.1 Å². The van der Waals surface area contributed by atoms with Crippen molar-refractivity contribution in [3.8, 4) is 5.88 Å². The minimum atomic E-state index is -0.329. The van der Waals surface area contributed by atoms with Gasteiger partial charge in [-0.3, -0.25) is 4.99 Å². The van der Waals surface area contributed by atoms with E-state index < -0.39 is 0 Å². The first-order chi connectivity index (χ1) is 15.0. The predicted octanol–water partition coefficient (Wildman–Crippen LogP) is 4.39. The van der Waals surface area contributed by atoms with E-state index in [0.717, 1.165) is 23.4 Å². The van der Waals surface area contributed by atoms with Gasteiger partial charge in [-0.1, -0.05) is 6.07 Å². The summed E-state index contributed by atoms with van der Waals surface area (Å²) >= 11 is 1.34. The zero-order valence-corrected chi connectivity index (χ0v) is 22.2. The standard InChI is InChI=1S/C22H31N5O3S.HI/c1-5-29-21(28)18-14(2)26-20(31-18)15(3)27-22(23-4)25-13-16-9-8-12-24-19(16)30-17-10-6-7-11-17;/h8-9,12,15,17H,5-7,10-11,13H2,1-4H3,(H2,23,25,27);1H. The molecule has 2 aromatic heterocycles. The number of nitrogens with zero attached hydrogens (tertiary/aromatic N) is 3. The topological polar surface area (TPSA) is 97.7 Å². The molecule has 8 nitrogen and oxygen atoms in total. The van der Waals surface area contributed by atoms with Crippen molar-refractivity contribution in [1.82, 2.24) is 20.6 Å². The molecule has 2 heterocycles. The lowest BCUT2D eigenvalue weighted by atomic mass is 10.2. The van der Waals surface area contributed by atoms with Crippen molar-refractivity contribution in [3.63, 3.8) is 0 Å². The number of hydrogen-bond donors (Lipinski definition) is 2. The molecule has 1 fully saturated rings. The number of aromatic nitrogens is 2. The molecule has 1 aliphatic rings. The van der Waals surface area contributed by atoms with Crippen LogP contribution in [0.2, 0.25) is 0 Å². The fourth-order valence-electron chi connectivity index (χ4n) is 3.46. The van der Waals surface area contributed by atoms with Crippen LogP contribution in [0.15, 0.2) is 23.3 Å². The van der Waals surface area contributed by atoms with E-state index >= 15 is 0 Å². The Morgan fingerprint density at radius 1 is 1.38 bits per heavy atom. The van der Waals surface area contributed by atoms with Crippen LogP contribution in [-0.4, -0.2) is 41.7 Å². The highest BCUT2D eigenvalue weighted by Gasteiger charge is 2.21. The number of pyridine rings is 1. The number of halogens is 1. The van der Waals surface area contributed by atoms with Crippen LogP contribution in [0, 0.1) is 6.92 Å². The van der Waals surface area contributed by atoms with E-state index in [4.69, 9.17) is 9.47 Å². The molecule has 2 aromatic rings. The summed E-state index contributed by atoms with van der Waals surface area (Å²) in [5.74, 6) is 0.985. The van der Waals surface area contributed by atoms with Gasteiger partial charge >= 0.3 is 5.97 Å². The van der Waals surface area contributed by atoms with Crippen LogP contribution in [0.4, 0.5) is 0 Å². The molecule has 32 heavy (non-hydrogen) atoms. The van der Waals surface area contributed by atoms with E-state index in [1.165, 1.54) is 24.2 Å². The molecule has 10 heteroatoms. The number of nitrogens with one attached hydrogen (secondary N) is 2. The van der Waals surface area contributed by atoms with Crippen molar-refractivity contribution in [2.45, 2.75) is 65.1 Å². The summed E-state index contributed by atoms with van der Waals surface area (Å²) in [6.45, 7) is 6.48. The molecule has 0 amide bonds. The quantitative estimate of drug-likeness (QED) is 0.209. The maximum Gasteiger partial charge on any atom is 0.350 e. The second-order valence-electron chi connectivity index (χ2n) is 7.47. The van der Waals surface area contributed by atoms with Crippen LogP contribution in [0.5, 0.6) is 5.88 Å². The Balaban J connectivity index is 0.00000363. The van der Waals surface area contributed by atoms with Gasteiger partial charge in [-0.25, -0.2) is 14.8 Å². The summed E-state index contributed by atoms with van der Waals surface area (Å²) < 4.78 is 11.2. The Bertz CT molecular complexity index is 915. The average molecular weight is 574 g/mol. The van der Waals surface area contributed by atoms with Gasteiger partial charge in [0.25, 0.3) is 0 Å². The van der Waals surface area contributed by atoms with Gasteiger partial charge in [-0.15, -0.1) is 35.3 Å². The van der Waals surface area contributed by atoms with Crippen LogP contribution in [-0.2, 0) is 11.3 Å². The van der Waals surface area contributed by atoms with Gasteiger partial charge < -0.3 is 20.1 Å². The SMILES string of the molecule is CCOC(=O)c1sc(C(C)NC(=NC)NCc2cccnc2OC2CCCC2)nc1C.I. The molecule has 2 N–H and O–H groups in total. The highest BCUT2D eigenvalue weighted by Crippen LogP contribution is 2.26. The Kier molecular flexibility index (Phi) is 10.6. The molecule has 0 aromatic carbocycles. The number of esters is 1. The van der Waals surface area contributed by atoms with Gasteiger partial charge in [0.15, 0.2) is 5.96 Å². The molecule has 1 atom stereocenters. The van der Waals surface area contributed by atoms with Crippen LogP contribution in [0.3, 0.4) is 0 Å².